The maximum Gasteiger partial charge on any atom is 0.309 e. The lowest BCUT2D eigenvalue weighted by atomic mass is 10.3. The van der Waals surface area contributed by atoms with Crippen LogP contribution in [-0.2, 0) is 0 Å². The molecular weight excluding hydrogens is 264 g/mol. The number of pyridine rings is 1. The summed E-state index contributed by atoms with van der Waals surface area (Å²) in [6.45, 7) is 1.92. The number of carbonyl (C=O) groups is 1. The highest BCUT2D eigenvalue weighted by molar-refractivity contribution is 7.98. The fourth-order valence-electron chi connectivity index (χ4n) is 1.50. The molecule has 0 saturated carbocycles. The molecule has 0 unspecified atom stereocenters. The van der Waals surface area contributed by atoms with Gasteiger partial charge in [0.15, 0.2) is 0 Å². The van der Waals surface area contributed by atoms with Gasteiger partial charge in [-0.2, -0.15) is 11.8 Å². The molecule has 0 fully saturated rings. The van der Waals surface area contributed by atoms with E-state index in [4.69, 9.17) is 4.42 Å². The largest absolute Gasteiger partial charge is 0.412 e. The van der Waals surface area contributed by atoms with Gasteiger partial charge < -0.3 is 9.73 Å². The SMILES string of the molecule is CSC[C@H](C)NC(=O)c1nnc(-c2cccnc2)o1. The van der Waals surface area contributed by atoms with Crippen molar-refractivity contribution in [3.8, 4) is 11.5 Å². The summed E-state index contributed by atoms with van der Waals surface area (Å²) in [6, 6.07) is 3.61. The van der Waals surface area contributed by atoms with Gasteiger partial charge in [-0.1, -0.05) is 0 Å². The van der Waals surface area contributed by atoms with Crippen LogP contribution < -0.4 is 5.32 Å². The number of carbonyl (C=O) groups excluding carboxylic acids is 1. The maximum absolute atomic E-state index is 11.8. The van der Waals surface area contributed by atoms with Crippen LogP contribution in [0.15, 0.2) is 28.9 Å². The van der Waals surface area contributed by atoms with Crippen LogP contribution in [0.25, 0.3) is 11.5 Å². The van der Waals surface area contributed by atoms with Gasteiger partial charge in [-0.25, -0.2) is 0 Å². The molecule has 2 aromatic heterocycles. The molecule has 100 valence electrons. The van der Waals surface area contributed by atoms with Crippen molar-refractivity contribution in [1.29, 1.82) is 0 Å². The average Bonchev–Trinajstić information content (AvgIpc) is 2.89. The van der Waals surface area contributed by atoms with Crippen LogP contribution in [0.5, 0.6) is 0 Å². The van der Waals surface area contributed by atoms with Crippen LogP contribution in [0.2, 0.25) is 0 Å². The Hall–Kier alpha value is -1.89. The van der Waals surface area contributed by atoms with Crippen LogP contribution >= 0.6 is 11.8 Å². The number of nitrogens with zero attached hydrogens (tertiary/aromatic N) is 3. The Morgan fingerprint density at radius 1 is 1.53 bits per heavy atom. The van der Waals surface area contributed by atoms with Gasteiger partial charge in [0, 0.05) is 24.2 Å². The lowest BCUT2D eigenvalue weighted by molar-refractivity contribution is 0.0909. The molecule has 2 aromatic rings. The van der Waals surface area contributed by atoms with E-state index in [1.807, 2.05) is 13.2 Å². The third-order valence-corrected chi connectivity index (χ3v) is 3.16. The molecule has 6 nitrogen and oxygen atoms in total. The van der Waals surface area contributed by atoms with E-state index in [-0.39, 0.29) is 23.7 Å². The molecule has 0 aliphatic rings. The van der Waals surface area contributed by atoms with E-state index >= 15 is 0 Å². The molecule has 19 heavy (non-hydrogen) atoms. The average molecular weight is 278 g/mol. The van der Waals surface area contributed by atoms with Gasteiger partial charge in [0.05, 0.1) is 5.56 Å². The lowest BCUT2D eigenvalue weighted by Gasteiger charge is -2.09. The van der Waals surface area contributed by atoms with Gasteiger partial charge in [-0.05, 0) is 25.3 Å². The zero-order chi connectivity index (χ0) is 13.7. The van der Waals surface area contributed by atoms with E-state index in [0.29, 0.717) is 5.56 Å². The second kappa shape index (κ2) is 6.33. The monoisotopic (exact) mass is 278 g/mol. The highest BCUT2D eigenvalue weighted by atomic mass is 32.2. The number of nitrogens with one attached hydrogen (secondary N) is 1. The number of thioether (sulfide) groups is 1. The van der Waals surface area contributed by atoms with E-state index in [9.17, 15) is 4.79 Å². The van der Waals surface area contributed by atoms with E-state index < -0.39 is 0 Å². The fraction of sp³-hybridized carbons (Fsp3) is 0.333. The molecule has 7 heteroatoms. The fourth-order valence-corrected chi connectivity index (χ4v) is 2.08. The van der Waals surface area contributed by atoms with Crippen molar-refractivity contribution in [1.82, 2.24) is 20.5 Å². The summed E-state index contributed by atoms with van der Waals surface area (Å²) in [6.07, 6.45) is 5.24. The zero-order valence-corrected chi connectivity index (χ0v) is 11.5. The van der Waals surface area contributed by atoms with Crippen LogP contribution in [-0.4, -0.2) is 39.1 Å². The van der Waals surface area contributed by atoms with E-state index in [1.54, 1.807) is 36.3 Å². The highest BCUT2D eigenvalue weighted by Gasteiger charge is 2.17. The Labute approximate surface area is 115 Å². The molecular formula is C12H14N4O2S. The third kappa shape index (κ3) is 3.54. The molecule has 0 saturated heterocycles. The van der Waals surface area contributed by atoms with Gasteiger partial charge in [-0.15, -0.1) is 10.2 Å². The van der Waals surface area contributed by atoms with Gasteiger partial charge in [0.25, 0.3) is 0 Å². The van der Waals surface area contributed by atoms with Crippen molar-refractivity contribution in [3.63, 3.8) is 0 Å². The van der Waals surface area contributed by atoms with Gasteiger partial charge in [-0.3, -0.25) is 9.78 Å². The molecule has 0 aliphatic carbocycles. The summed E-state index contributed by atoms with van der Waals surface area (Å²) in [4.78, 5) is 15.8. The molecule has 1 atom stereocenters. The van der Waals surface area contributed by atoms with E-state index in [2.05, 4.69) is 20.5 Å². The van der Waals surface area contributed by atoms with E-state index in [0.717, 1.165) is 5.75 Å². The number of amides is 1. The first kappa shape index (κ1) is 13.5. The molecule has 2 rings (SSSR count). The predicted molar refractivity (Wildman–Crippen MR) is 72.8 cm³/mol. The Morgan fingerprint density at radius 3 is 3.05 bits per heavy atom. The van der Waals surface area contributed by atoms with Crippen molar-refractivity contribution in [2.24, 2.45) is 0 Å². The second-order valence-corrected chi connectivity index (χ2v) is 4.89. The minimum atomic E-state index is -0.357. The summed E-state index contributed by atoms with van der Waals surface area (Å²) in [5.41, 5.74) is 0.686. The van der Waals surface area contributed by atoms with Crippen LogP contribution in [0.4, 0.5) is 0 Å². The summed E-state index contributed by atoms with van der Waals surface area (Å²) in [5.74, 6) is 0.724. The Kier molecular flexibility index (Phi) is 4.51. The minimum Gasteiger partial charge on any atom is -0.412 e. The van der Waals surface area contributed by atoms with Gasteiger partial charge in [0.1, 0.15) is 0 Å². The number of hydrogen-bond donors (Lipinski definition) is 1. The second-order valence-electron chi connectivity index (χ2n) is 3.98. The number of rotatable bonds is 5. The topological polar surface area (TPSA) is 80.9 Å². The Bertz CT molecular complexity index is 544. The summed E-state index contributed by atoms with van der Waals surface area (Å²) in [7, 11) is 0. The van der Waals surface area contributed by atoms with Crippen LogP contribution in [0.3, 0.4) is 0 Å². The van der Waals surface area contributed by atoms with Gasteiger partial charge >= 0.3 is 11.8 Å². The Balaban J connectivity index is 2.07. The van der Waals surface area contributed by atoms with E-state index in [1.165, 1.54) is 0 Å². The van der Waals surface area contributed by atoms with Crippen molar-refractivity contribution in [2.45, 2.75) is 13.0 Å². The highest BCUT2D eigenvalue weighted by Crippen LogP contribution is 2.15. The lowest BCUT2D eigenvalue weighted by Crippen LogP contribution is -2.34. The van der Waals surface area contributed by atoms with Gasteiger partial charge in [0.2, 0.25) is 5.89 Å². The number of hydrogen-bond acceptors (Lipinski definition) is 6. The molecule has 0 spiro atoms. The third-order valence-electron chi connectivity index (χ3n) is 2.32. The van der Waals surface area contributed by atoms with Crippen LogP contribution in [0, 0.1) is 0 Å². The quantitative estimate of drug-likeness (QED) is 0.895. The first-order chi connectivity index (χ1) is 9.20. The smallest absolute Gasteiger partial charge is 0.309 e. The first-order valence-electron chi connectivity index (χ1n) is 5.74. The predicted octanol–water partition coefficient (Wildman–Crippen LogP) is 1.61. The molecule has 0 radical (unpaired) electrons. The summed E-state index contributed by atoms with van der Waals surface area (Å²) < 4.78 is 5.33. The molecule has 0 aromatic carbocycles. The molecule has 2 heterocycles. The molecule has 0 aliphatic heterocycles. The summed E-state index contributed by atoms with van der Waals surface area (Å²) >= 11 is 1.66. The molecule has 1 amide bonds. The van der Waals surface area contributed by atoms with Crippen molar-refractivity contribution >= 4 is 17.7 Å². The zero-order valence-electron chi connectivity index (χ0n) is 10.7. The van der Waals surface area contributed by atoms with Crippen LogP contribution in [0.1, 0.15) is 17.6 Å². The molecule has 1 N–H and O–H groups in total. The van der Waals surface area contributed by atoms with Crippen molar-refractivity contribution in [2.75, 3.05) is 12.0 Å². The number of aromatic nitrogens is 3. The minimum absolute atomic E-state index is 0.0354. The summed E-state index contributed by atoms with van der Waals surface area (Å²) in [5, 5.41) is 10.4. The van der Waals surface area contributed by atoms with Crippen molar-refractivity contribution < 1.29 is 9.21 Å². The maximum atomic E-state index is 11.8. The normalized spacial score (nSPS) is 12.1. The molecule has 0 bridgehead atoms. The Morgan fingerprint density at radius 2 is 2.37 bits per heavy atom. The van der Waals surface area contributed by atoms with Crippen molar-refractivity contribution in [3.05, 3.63) is 30.4 Å². The standard InChI is InChI=1S/C12H14N4O2S/c1-8(7-19-2)14-10(17)12-16-15-11(18-12)9-4-3-5-13-6-9/h3-6,8H,7H2,1-2H3,(H,14,17)/t8-/m0/s1. The first-order valence-corrected chi connectivity index (χ1v) is 7.14.